The molecule has 0 unspecified atom stereocenters. The van der Waals surface area contributed by atoms with E-state index in [9.17, 15) is 4.39 Å². The fourth-order valence-corrected chi connectivity index (χ4v) is 2.99. The highest BCUT2D eigenvalue weighted by Crippen LogP contribution is 2.19. The first-order valence-corrected chi connectivity index (χ1v) is 7.47. The van der Waals surface area contributed by atoms with Gasteiger partial charge in [-0.15, -0.1) is 0 Å². The van der Waals surface area contributed by atoms with Crippen molar-refractivity contribution in [3.8, 4) is 0 Å². The first-order valence-electron chi connectivity index (χ1n) is 7.47. The molecule has 4 nitrogen and oxygen atoms in total. The van der Waals surface area contributed by atoms with Gasteiger partial charge in [-0.25, -0.2) is 4.39 Å². The molecule has 0 aliphatic carbocycles. The zero-order valence-electron chi connectivity index (χ0n) is 12.8. The summed E-state index contributed by atoms with van der Waals surface area (Å²) in [6, 6.07) is 4.57. The first-order chi connectivity index (χ1) is 9.95. The Morgan fingerprint density at radius 3 is 2.52 bits per heavy atom. The van der Waals surface area contributed by atoms with E-state index in [4.69, 9.17) is 10.0 Å². The van der Waals surface area contributed by atoms with Crippen molar-refractivity contribution >= 4 is 12.6 Å². The summed E-state index contributed by atoms with van der Waals surface area (Å²) in [4.78, 5) is 4.57. The van der Waals surface area contributed by atoms with Crippen molar-refractivity contribution in [3.63, 3.8) is 0 Å². The van der Waals surface area contributed by atoms with Crippen LogP contribution in [0.3, 0.4) is 0 Å². The van der Waals surface area contributed by atoms with Gasteiger partial charge in [-0.2, -0.15) is 0 Å². The molecule has 0 bridgehead atoms. The second-order valence-corrected chi connectivity index (χ2v) is 6.21. The van der Waals surface area contributed by atoms with E-state index in [1.165, 1.54) is 18.9 Å². The molecule has 0 spiro atoms. The molecule has 1 aromatic carbocycles. The largest absolute Gasteiger partial charge is 0.491 e. The van der Waals surface area contributed by atoms with Crippen LogP contribution in [0.2, 0.25) is 0 Å². The van der Waals surface area contributed by atoms with E-state index in [1.807, 2.05) is 0 Å². The van der Waals surface area contributed by atoms with Crippen LogP contribution in [0.1, 0.15) is 18.4 Å². The van der Waals surface area contributed by atoms with Gasteiger partial charge in [0.2, 0.25) is 0 Å². The molecule has 1 fully saturated rings. The molecule has 0 saturated carbocycles. The van der Waals surface area contributed by atoms with Crippen molar-refractivity contribution in [2.24, 2.45) is 5.92 Å². The summed E-state index contributed by atoms with van der Waals surface area (Å²) in [7, 11) is 2.45. The predicted molar refractivity (Wildman–Crippen MR) is 82.8 cm³/mol. The second-order valence-electron chi connectivity index (χ2n) is 6.21. The van der Waals surface area contributed by atoms with Gasteiger partial charge in [0.05, 0.1) is 0 Å². The highest BCUT2D eigenvalue weighted by molar-refractivity contribution is 6.58. The Hall–Kier alpha value is -0.945. The molecule has 0 atom stereocenters. The number of piperidine rings is 1. The fourth-order valence-electron chi connectivity index (χ4n) is 2.99. The molecule has 1 aliphatic rings. The summed E-state index contributed by atoms with van der Waals surface area (Å²) in [5.74, 6) is 0.178. The monoisotopic (exact) mass is 294 g/mol. The molecule has 2 rings (SSSR count). The van der Waals surface area contributed by atoms with Gasteiger partial charge in [0.1, 0.15) is 5.82 Å². The minimum Gasteiger partial charge on any atom is -0.423 e. The minimum atomic E-state index is -1.75. The van der Waals surface area contributed by atoms with E-state index >= 15 is 0 Å². The van der Waals surface area contributed by atoms with Crippen LogP contribution in [0.15, 0.2) is 18.2 Å². The van der Waals surface area contributed by atoms with Gasteiger partial charge in [-0.05, 0) is 57.6 Å². The van der Waals surface area contributed by atoms with Crippen LogP contribution in [-0.2, 0) is 6.54 Å². The van der Waals surface area contributed by atoms with Crippen LogP contribution in [0.4, 0.5) is 4.39 Å². The number of hydrogen-bond acceptors (Lipinski definition) is 4. The van der Waals surface area contributed by atoms with Gasteiger partial charge in [-0.1, -0.05) is 12.1 Å². The Morgan fingerprint density at radius 1 is 1.29 bits per heavy atom. The van der Waals surface area contributed by atoms with Gasteiger partial charge in [0, 0.05) is 18.6 Å². The quantitative estimate of drug-likeness (QED) is 0.766. The Morgan fingerprint density at radius 2 is 1.95 bits per heavy atom. The first kappa shape index (κ1) is 16.4. The summed E-state index contributed by atoms with van der Waals surface area (Å²) < 4.78 is 13.4. The molecule has 1 heterocycles. The normalized spacial score (nSPS) is 17.4. The molecule has 0 amide bonds. The third-order valence-electron chi connectivity index (χ3n) is 4.08. The average molecular weight is 294 g/mol. The lowest BCUT2D eigenvalue weighted by molar-refractivity contribution is 0.157. The molecule has 0 radical (unpaired) electrons. The Bertz CT molecular complexity index is 463. The van der Waals surface area contributed by atoms with E-state index in [0.717, 1.165) is 37.7 Å². The molecule has 1 aliphatic heterocycles. The summed E-state index contributed by atoms with van der Waals surface area (Å²) in [5.41, 5.74) is 0.876. The summed E-state index contributed by atoms with van der Waals surface area (Å²) in [6.45, 7) is 3.93. The van der Waals surface area contributed by atoms with Crippen LogP contribution < -0.4 is 5.46 Å². The lowest BCUT2D eigenvalue weighted by Crippen LogP contribution is -2.37. The molecule has 1 aromatic rings. The van der Waals surface area contributed by atoms with Crippen molar-refractivity contribution in [2.75, 3.05) is 33.7 Å². The SMILES string of the molecule is CN(C)CC1CCN(Cc2ccc(F)c(B(O)O)c2)CC1. The average Bonchev–Trinajstić information content (AvgIpc) is 2.42. The van der Waals surface area contributed by atoms with E-state index in [0.29, 0.717) is 0 Å². The van der Waals surface area contributed by atoms with E-state index in [-0.39, 0.29) is 5.46 Å². The lowest BCUT2D eigenvalue weighted by atomic mass is 9.79. The third kappa shape index (κ3) is 4.78. The summed E-state index contributed by atoms with van der Waals surface area (Å²) >= 11 is 0. The predicted octanol–water partition coefficient (Wildman–Crippen LogP) is 0.279. The number of likely N-dealkylation sites (tertiary alicyclic amines) is 1. The van der Waals surface area contributed by atoms with Crippen LogP contribution in [-0.4, -0.2) is 60.7 Å². The molecule has 21 heavy (non-hydrogen) atoms. The highest BCUT2D eigenvalue weighted by atomic mass is 19.1. The molecule has 0 aromatic heterocycles. The van der Waals surface area contributed by atoms with Crippen LogP contribution in [0.25, 0.3) is 0 Å². The number of benzene rings is 1. The summed E-state index contributed by atoms with van der Waals surface area (Å²) in [6.07, 6.45) is 2.35. The zero-order valence-corrected chi connectivity index (χ0v) is 12.8. The smallest absolute Gasteiger partial charge is 0.423 e. The maximum absolute atomic E-state index is 13.4. The van der Waals surface area contributed by atoms with Gasteiger partial charge in [0.15, 0.2) is 0 Å². The van der Waals surface area contributed by atoms with Crippen molar-refractivity contribution in [1.82, 2.24) is 9.80 Å². The van der Waals surface area contributed by atoms with Crippen LogP contribution in [0.5, 0.6) is 0 Å². The Labute approximate surface area is 126 Å². The van der Waals surface area contributed by atoms with Crippen molar-refractivity contribution in [2.45, 2.75) is 19.4 Å². The minimum absolute atomic E-state index is 0.0463. The van der Waals surface area contributed by atoms with E-state index in [2.05, 4.69) is 23.9 Å². The van der Waals surface area contributed by atoms with Gasteiger partial charge >= 0.3 is 7.12 Å². The maximum atomic E-state index is 13.4. The van der Waals surface area contributed by atoms with E-state index in [1.54, 1.807) is 12.1 Å². The Balaban J connectivity index is 1.90. The standard InChI is InChI=1S/C15H24BFN2O2/c1-18(2)10-12-5-7-19(8-6-12)11-13-3-4-15(17)14(9-13)16(20)21/h3-4,9,12,20-21H,5-8,10-11H2,1-2H3. The van der Waals surface area contributed by atoms with Crippen LogP contribution >= 0.6 is 0 Å². The van der Waals surface area contributed by atoms with Crippen molar-refractivity contribution in [1.29, 1.82) is 0 Å². The maximum Gasteiger partial charge on any atom is 0.491 e. The molecule has 2 N–H and O–H groups in total. The number of nitrogens with zero attached hydrogens (tertiary/aromatic N) is 2. The number of hydrogen-bond donors (Lipinski definition) is 2. The van der Waals surface area contributed by atoms with Crippen LogP contribution in [0, 0.1) is 11.7 Å². The van der Waals surface area contributed by atoms with Crippen molar-refractivity contribution < 1.29 is 14.4 Å². The molecule has 6 heteroatoms. The topological polar surface area (TPSA) is 46.9 Å². The van der Waals surface area contributed by atoms with Gasteiger partial charge in [-0.3, -0.25) is 4.90 Å². The molecular formula is C15H24BFN2O2. The van der Waals surface area contributed by atoms with E-state index < -0.39 is 12.9 Å². The highest BCUT2D eigenvalue weighted by Gasteiger charge is 2.21. The fraction of sp³-hybridized carbons (Fsp3) is 0.600. The van der Waals surface area contributed by atoms with Crippen molar-refractivity contribution in [3.05, 3.63) is 29.6 Å². The number of halogens is 1. The van der Waals surface area contributed by atoms with Gasteiger partial charge < -0.3 is 14.9 Å². The second kappa shape index (κ2) is 7.36. The molecule has 116 valence electrons. The summed E-state index contributed by atoms with van der Waals surface area (Å²) in [5, 5.41) is 18.3. The van der Waals surface area contributed by atoms with Gasteiger partial charge in [0.25, 0.3) is 0 Å². The number of rotatable bonds is 5. The third-order valence-corrected chi connectivity index (χ3v) is 4.08. The lowest BCUT2D eigenvalue weighted by Gasteiger charge is -2.33. The Kier molecular flexibility index (Phi) is 5.76. The molecular weight excluding hydrogens is 270 g/mol. The molecule has 1 saturated heterocycles. The zero-order chi connectivity index (χ0) is 15.4.